The van der Waals surface area contributed by atoms with Gasteiger partial charge in [0.15, 0.2) is 0 Å². The number of nitrogen functional groups attached to an aromatic ring is 1. The molecule has 0 unspecified atom stereocenters. The highest BCUT2D eigenvalue weighted by Gasteiger charge is 2.12. The first-order valence-electron chi connectivity index (χ1n) is 5.72. The molecule has 0 aliphatic heterocycles. The standard InChI is InChI=1S/C13H12BrN3OS/c1-18-10-4-2-3-9-12(10)16-13(15)17(9)7-8-5-6-11(14)19-8/h2-6H,7H2,1H3,(H2,15,16). The monoisotopic (exact) mass is 337 g/mol. The first kappa shape index (κ1) is 12.5. The van der Waals surface area contributed by atoms with Gasteiger partial charge in [0, 0.05) is 4.88 Å². The summed E-state index contributed by atoms with van der Waals surface area (Å²) in [5, 5.41) is 0. The van der Waals surface area contributed by atoms with Gasteiger partial charge in [0.05, 0.1) is 23.0 Å². The molecule has 0 aliphatic rings. The maximum atomic E-state index is 6.02. The lowest BCUT2D eigenvalue weighted by Crippen LogP contribution is -2.03. The van der Waals surface area contributed by atoms with E-state index in [1.807, 2.05) is 28.8 Å². The molecule has 3 aromatic rings. The number of benzene rings is 1. The predicted octanol–water partition coefficient (Wildman–Crippen LogP) is 3.50. The molecule has 19 heavy (non-hydrogen) atoms. The minimum atomic E-state index is 0.504. The van der Waals surface area contributed by atoms with Crippen molar-refractivity contribution in [1.82, 2.24) is 9.55 Å². The quantitative estimate of drug-likeness (QED) is 0.795. The number of rotatable bonds is 3. The lowest BCUT2D eigenvalue weighted by Gasteiger charge is -2.05. The van der Waals surface area contributed by atoms with Crippen LogP contribution in [0.15, 0.2) is 34.1 Å². The number of nitrogens with zero attached hydrogens (tertiary/aromatic N) is 2. The lowest BCUT2D eigenvalue weighted by atomic mass is 10.3. The minimum absolute atomic E-state index is 0.504. The molecule has 0 radical (unpaired) electrons. The van der Waals surface area contributed by atoms with Gasteiger partial charge in [0.1, 0.15) is 11.3 Å². The zero-order valence-corrected chi connectivity index (χ0v) is 12.7. The maximum absolute atomic E-state index is 6.02. The number of aromatic nitrogens is 2. The summed E-state index contributed by atoms with van der Waals surface area (Å²) in [7, 11) is 1.64. The molecule has 0 bridgehead atoms. The van der Waals surface area contributed by atoms with E-state index in [-0.39, 0.29) is 0 Å². The summed E-state index contributed by atoms with van der Waals surface area (Å²) < 4.78 is 8.42. The fourth-order valence-electron chi connectivity index (χ4n) is 2.06. The van der Waals surface area contributed by atoms with Gasteiger partial charge in [-0.2, -0.15) is 0 Å². The fraction of sp³-hybridized carbons (Fsp3) is 0.154. The molecule has 0 fully saturated rings. The van der Waals surface area contributed by atoms with Gasteiger partial charge in [-0.1, -0.05) is 6.07 Å². The van der Waals surface area contributed by atoms with E-state index in [0.29, 0.717) is 12.5 Å². The lowest BCUT2D eigenvalue weighted by molar-refractivity contribution is 0.419. The molecule has 0 aliphatic carbocycles. The van der Waals surface area contributed by atoms with Gasteiger partial charge in [-0.3, -0.25) is 0 Å². The second-order valence-electron chi connectivity index (χ2n) is 4.09. The molecule has 0 saturated carbocycles. The molecule has 0 spiro atoms. The third-order valence-corrected chi connectivity index (χ3v) is 4.54. The summed E-state index contributed by atoms with van der Waals surface area (Å²) in [6.45, 7) is 0.714. The van der Waals surface area contributed by atoms with E-state index in [2.05, 4.69) is 27.0 Å². The number of hydrogen-bond donors (Lipinski definition) is 1. The van der Waals surface area contributed by atoms with Gasteiger partial charge in [0.2, 0.25) is 5.95 Å². The largest absolute Gasteiger partial charge is 0.494 e. The molecule has 6 heteroatoms. The highest BCUT2D eigenvalue weighted by Crippen LogP contribution is 2.29. The SMILES string of the molecule is COc1cccc2c1nc(N)n2Cc1ccc(Br)s1. The van der Waals surface area contributed by atoms with E-state index >= 15 is 0 Å². The molecule has 2 N–H and O–H groups in total. The number of para-hydroxylation sites is 1. The average molecular weight is 338 g/mol. The smallest absolute Gasteiger partial charge is 0.201 e. The third-order valence-electron chi connectivity index (χ3n) is 2.93. The van der Waals surface area contributed by atoms with Crippen LogP contribution < -0.4 is 10.5 Å². The zero-order valence-electron chi connectivity index (χ0n) is 10.3. The second kappa shape index (κ2) is 4.86. The van der Waals surface area contributed by atoms with Crippen molar-refractivity contribution in [2.45, 2.75) is 6.54 Å². The number of methoxy groups -OCH3 is 1. The van der Waals surface area contributed by atoms with Gasteiger partial charge in [-0.15, -0.1) is 11.3 Å². The Morgan fingerprint density at radius 3 is 2.89 bits per heavy atom. The summed E-state index contributed by atoms with van der Waals surface area (Å²) >= 11 is 5.16. The summed E-state index contributed by atoms with van der Waals surface area (Å²) in [6.07, 6.45) is 0. The first-order valence-corrected chi connectivity index (χ1v) is 7.33. The van der Waals surface area contributed by atoms with Crippen LogP contribution in [0.5, 0.6) is 5.75 Å². The van der Waals surface area contributed by atoms with Crippen molar-refractivity contribution < 1.29 is 4.74 Å². The molecule has 0 saturated heterocycles. The molecule has 3 rings (SSSR count). The number of fused-ring (bicyclic) bond motifs is 1. The Kier molecular flexibility index (Phi) is 3.20. The predicted molar refractivity (Wildman–Crippen MR) is 81.8 cm³/mol. The number of nitrogens with two attached hydrogens (primary N) is 1. The van der Waals surface area contributed by atoms with Crippen molar-refractivity contribution in [3.05, 3.63) is 39.0 Å². The third kappa shape index (κ3) is 2.21. The summed E-state index contributed by atoms with van der Waals surface area (Å²) in [6, 6.07) is 9.96. The Balaban J connectivity index is 2.10. The Labute approximate surface area is 123 Å². The van der Waals surface area contributed by atoms with Crippen LogP contribution in [0.2, 0.25) is 0 Å². The van der Waals surface area contributed by atoms with Crippen molar-refractivity contribution in [3.8, 4) is 5.75 Å². The fourth-order valence-corrected chi connectivity index (χ4v) is 3.53. The van der Waals surface area contributed by atoms with Gasteiger partial charge in [-0.05, 0) is 40.2 Å². The molecule has 98 valence electrons. The number of thiophene rings is 1. The topological polar surface area (TPSA) is 53.1 Å². The number of hydrogen-bond acceptors (Lipinski definition) is 4. The van der Waals surface area contributed by atoms with E-state index in [1.165, 1.54) is 4.88 Å². The van der Waals surface area contributed by atoms with Crippen molar-refractivity contribution >= 4 is 44.2 Å². The van der Waals surface area contributed by atoms with E-state index in [1.54, 1.807) is 18.4 Å². The minimum Gasteiger partial charge on any atom is -0.494 e. The summed E-state index contributed by atoms with van der Waals surface area (Å²) in [5.74, 6) is 1.25. The highest BCUT2D eigenvalue weighted by atomic mass is 79.9. The van der Waals surface area contributed by atoms with Crippen molar-refractivity contribution in [3.63, 3.8) is 0 Å². The molecule has 2 heterocycles. The Bertz CT molecular complexity index is 735. The Hall–Kier alpha value is -1.53. The highest BCUT2D eigenvalue weighted by molar-refractivity contribution is 9.11. The van der Waals surface area contributed by atoms with Gasteiger partial charge in [0.25, 0.3) is 0 Å². The van der Waals surface area contributed by atoms with Crippen LogP contribution in [-0.4, -0.2) is 16.7 Å². The van der Waals surface area contributed by atoms with Crippen LogP contribution in [0.3, 0.4) is 0 Å². The first-order chi connectivity index (χ1) is 9.19. The normalized spacial score (nSPS) is 11.1. The van der Waals surface area contributed by atoms with Crippen LogP contribution in [0.25, 0.3) is 11.0 Å². The van der Waals surface area contributed by atoms with Gasteiger partial charge >= 0.3 is 0 Å². The molecular weight excluding hydrogens is 326 g/mol. The zero-order chi connectivity index (χ0) is 13.4. The summed E-state index contributed by atoms with van der Waals surface area (Å²) in [4.78, 5) is 5.62. The average Bonchev–Trinajstić information content (AvgIpc) is 2.94. The van der Waals surface area contributed by atoms with Crippen molar-refractivity contribution in [2.24, 2.45) is 0 Å². The van der Waals surface area contributed by atoms with Gasteiger partial charge < -0.3 is 15.0 Å². The molecule has 4 nitrogen and oxygen atoms in total. The Morgan fingerprint density at radius 2 is 2.21 bits per heavy atom. The summed E-state index contributed by atoms with van der Waals surface area (Å²) in [5.41, 5.74) is 7.81. The Morgan fingerprint density at radius 1 is 1.37 bits per heavy atom. The molecule has 1 aromatic carbocycles. The second-order valence-corrected chi connectivity index (χ2v) is 6.64. The number of halogens is 1. The van der Waals surface area contributed by atoms with Crippen LogP contribution in [0.4, 0.5) is 5.95 Å². The molecule has 2 aromatic heterocycles. The van der Waals surface area contributed by atoms with E-state index in [9.17, 15) is 0 Å². The number of imidazole rings is 1. The molecule has 0 amide bonds. The van der Waals surface area contributed by atoms with Crippen molar-refractivity contribution in [1.29, 1.82) is 0 Å². The van der Waals surface area contributed by atoms with Gasteiger partial charge in [-0.25, -0.2) is 4.98 Å². The number of ether oxygens (including phenoxy) is 1. The van der Waals surface area contributed by atoms with E-state index in [4.69, 9.17) is 10.5 Å². The van der Waals surface area contributed by atoms with Crippen LogP contribution in [0.1, 0.15) is 4.88 Å². The van der Waals surface area contributed by atoms with Crippen LogP contribution in [0, 0.1) is 0 Å². The van der Waals surface area contributed by atoms with Crippen LogP contribution in [-0.2, 0) is 6.54 Å². The van der Waals surface area contributed by atoms with E-state index < -0.39 is 0 Å². The maximum Gasteiger partial charge on any atom is 0.201 e. The number of anilines is 1. The molecule has 0 atom stereocenters. The van der Waals surface area contributed by atoms with Crippen molar-refractivity contribution in [2.75, 3.05) is 12.8 Å². The van der Waals surface area contributed by atoms with E-state index in [0.717, 1.165) is 20.6 Å². The van der Waals surface area contributed by atoms with Crippen LogP contribution >= 0.6 is 27.3 Å². The molecular formula is C13H12BrN3OS.